The predicted octanol–water partition coefficient (Wildman–Crippen LogP) is 2.89. The summed E-state index contributed by atoms with van der Waals surface area (Å²) in [5.74, 6) is -0.336. The zero-order valence-corrected chi connectivity index (χ0v) is 11.6. The topological polar surface area (TPSA) is 44.8 Å². The van der Waals surface area contributed by atoms with Crippen LogP contribution in [0, 0.1) is 0 Å². The van der Waals surface area contributed by atoms with Crippen molar-refractivity contribution in [2.45, 2.75) is 20.1 Å². The Kier molecular flexibility index (Phi) is 6.85. The van der Waals surface area contributed by atoms with Crippen LogP contribution in [0.5, 0.6) is 0 Å². The van der Waals surface area contributed by atoms with Gasteiger partial charge in [0.2, 0.25) is 0 Å². The molecule has 0 atom stereocenters. The predicted molar refractivity (Wildman–Crippen MR) is 73.9 cm³/mol. The molecule has 4 heteroatoms. The van der Waals surface area contributed by atoms with Crippen LogP contribution in [0.2, 0.25) is 0 Å². The minimum Gasteiger partial charge on any atom is -0.465 e. The molecule has 0 spiro atoms. The lowest BCUT2D eigenvalue weighted by Gasteiger charge is -2.12. The SMILES string of the molecule is CCOC(/C=C/c1ccc(C(=O)OC)cc1)OCC. The molecule has 0 fully saturated rings. The van der Waals surface area contributed by atoms with Crippen LogP contribution in [0.3, 0.4) is 0 Å². The van der Waals surface area contributed by atoms with E-state index in [2.05, 4.69) is 4.74 Å². The fourth-order valence-electron chi connectivity index (χ4n) is 1.53. The van der Waals surface area contributed by atoms with Gasteiger partial charge in [-0.3, -0.25) is 0 Å². The molecule has 0 saturated heterocycles. The Balaban J connectivity index is 2.67. The third-order valence-electron chi connectivity index (χ3n) is 2.44. The lowest BCUT2D eigenvalue weighted by atomic mass is 10.1. The highest BCUT2D eigenvalue weighted by Crippen LogP contribution is 2.09. The molecule has 19 heavy (non-hydrogen) atoms. The van der Waals surface area contributed by atoms with Gasteiger partial charge in [0.25, 0.3) is 0 Å². The van der Waals surface area contributed by atoms with E-state index in [1.54, 1.807) is 12.1 Å². The maximum Gasteiger partial charge on any atom is 0.337 e. The first-order valence-corrected chi connectivity index (χ1v) is 6.31. The van der Waals surface area contributed by atoms with Crippen LogP contribution in [0.1, 0.15) is 29.8 Å². The van der Waals surface area contributed by atoms with Crippen molar-refractivity contribution in [1.29, 1.82) is 0 Å². The zero-order chi connectivity index (χ0) is 14.1. The van der Waals surface area contributed by atoms with Crippen molar-refractivity contribution in [2.24, 2.45) is 0 Å². The van der Waals surface area contributed by atoms with Gasteiger partial charge in [-0.2, -0.15) is 0 Å². The molecule has 0 saturated carbocycles. The second kappa shape index (κ2) is 8.45. The van der Waals surface area contributed by atoms with Gasteiger partial charge in [-0.25, -0.2) is 4.79 Å². The van der Waals surface area contributed by atoms with Crippen LogP contribution in [0.4, 0.5) is 0 Å². The lowest BCUT2D eigenvalue weighted by molar-refractivity contribution is -0.103. The number of esters is 1. The van der Waals surface area contributed by atoms with Crippen LogP contribution in [0.15, 0.2) is 30.3 Å². The van der Waals surface area contributed by atoms with Crippen LogP contribution in [0.25, 0.3) is 6.08 Å². The summed E-state index contributed by atoms with van der Waals surface area (Å²) in [6.45, 7) is 5.03. The summed E-state index contributed by atoms with van der Waals surface area (Å²) in [5, 5.41) is 0. The molecule has 0 radical (unpaired) electrons. The van der Waals surface area contributed by atoms with Crippen molar-refractivity contribution in [3.63, 3.8) is 0 Å². The number of carbonyl (C=O) groups is 1. The van der Waals surface area contributed by atoms with Crippen molar-refractivity contribution >= 4 is 12.0 Å². The molecule has 0 aromatic heterocycles. The molecule has 1 aromatic rings. The van der Waals surface area contributed by atoms with E-state index < -0.39 is 0 Å². The van der Waals surface area contributed by atoms with Crippen LogP contribution >= 0.6 is 0 Å². The number of hydrogen-bond donors (Lipinski definition) is 0. The Morgan fingerprint density at radius 1 is 1.16 bits per heavy atom. The highest BCUT2D eigenvalue weighted by atomic mass is 16.7. The van der Waals surface area contributed by atoms with Crippen molar-refractivity contribution in [1.82, 2.24) is 0 Å². The normalized spacial score (nSPS) is 11.2. The largest absolute Gasteiger partial charge is 0.465 e. The number of carbonyl (C=O) groups excluding carboxylic acids is 1. The maximum atomic E-state index is 11.3. The summed E-state index contributed by atoms with van der Waals surface area (Å²) in [5.41, 5.74) is 1.50. The third kappa shape index (κ3) is 5.24. The molecule has 4 nitrogen and oxygen atoms in total. The summed E-state index contributed by atoms with van der Waals surface area (Å²) in [6, 6.07) is 7.14. The van der Waals surface area contributed by atoms with Crippen LogP contribution < -0.4 is 0 Å². The van der Waals surface area contributed by atoms with Crippen molar-refractivity contribution in [3.8, 4) is 0 Å². The Morgan fingerprint density at radius 3 is 2.21 bits per heavy atom. The van der Waals surface area contributed by atoms with E-state index in [1.165, 1.54) is 7.11 Å². The molecule has 0 N–H and O–H groups in total. The number of hydrogen-bond acceptors (Lipinski definition) is 4. The molecular weight excluding hydrogens is 244 g/mol. The average molecular weight is 264 g/mol. The van der Waals surface area contributed by atoms with Gasteiger partial charge in [0.1, 0.15) is 0 Å². The third-order valence-corrected chi connectivity index (χ3v) is 2.44. The van der Waals surface area contributed by atoms with E-state index in [9.17, 15) is 4.79 Å². The highest BCUT2D eigenvalue weighted by Gasteiger charge is 2.04. The summed E-state index contributed by atoms with van der Waals surface area (Å²) in [6.07, 6.45) is 3.41. The van der Waals surface area contributed by atoms with Crippen molar-refractivity contribution in [2.75, 3.05) is 20.3 Å². The Bertz CT molecular complexity index is 403. The molecule has 0 aliphatic rings. The van der Waals surface area contributed by atoms with Gasteiger partial charge in [0, 0.05) is 13.2 Å². The first-order valence-electron chi connectivity index (χ1n) is 6.31. The number of methoxy groups -OCH3 is 1. The summed E-state index contributed by atoms with van der Waals surface area (Å²) >= 11 is 0. The highest BCUT2D eigenvalue weighted by molar-refractivity contribution is 5.89. The molecule has 0 aliphatic heterocycles. The van der Waals surface area contributed by atoms with Gasteiger partial charge in [-0.15, -0.1) is 0 Å². The van der Waals surface area contributed by atoms with Gasteiger partial charge in [-0.05, 0) is 37.6 Å². The Labute approximate surface area is 114 Å². The molecule has 1 rings (SSSR count). The van der Waals surface area contributed by atoms with E-state index in [-0.39, 0.29) is 12.3 Å². The monoisotopic (exact) mass is 264 g/mol. The molecular formula is C15H20O4. The smallest absolute Gasteiger partial charge is 0.337 e. The second-order valence-electron chi connectivity index (χ2n) is 3.75. The number of benzene rings is 1. The zero-order valence-electron chi connectivity index (χ0n) is 11.6. The lowest BCUT2D eigenvalue weighted by Crippen LogP contribution is -2.13. The molecule has 0 aliphatic carbocycles. The fourth-order valence-corrected chi connectivity index (χ4v) is 1.53. The first kappa shape index (κ1) is 15.4. The van der Waals surface area contributed by atoms with Gasteiger partial charge in [0.05, 0.1) is 12.7 Å². The van der Waals surface area contributed by atoms with Gasteiger partial charge >= 0.3 is 5.97 Å². The van der Waals surface area contributed by atoms with Crippen LogP contribution in [-0.2, 0) is 14.2 Å². The van der Waals surface area contributed by atoms with Crippen molar-refractivity contribution in [3.05, 3.63) is 41.5 Å². The van der Waals surface area contributed by atoms with E-state index in [0.717, 1.165) is 5.56 Å². The Morgan fingerprint density at radius 2 is 1.74 bits per heavy atom. The van der Waals surface area contributed by atoms with Crippen LogP contribution in [-0.4, -0.2) is 32.6 Å². The average Bonchev–Trinajstić information content (AvgIpc) is 2.45. The summed E-state index contributed by atoms with van der Waals surface area (Å²) < 4.78 is 15.4. The van der Waals surface area contributed by atoms with Gasteiger partial charge in [0.15, 0.2) is 6.29 Å². The first-order chi connectivity index (χ1) is 9.21. The van der Waals surface area contributed by atoms with Gasteiger partial charge < -0.3 is 14.2 Å². The number of ether oxygens (including phenoxy) is 3. The molecule has 0 unspecified atom stereocenters. The van der Waals surface area contributed by atoms with Gasteiger partial charge in [-0.1, -0.05) is 18.2 Å². The molecule has 1 aromatic carbocycles. The van der Waals surface area contributed by atoms with E-state index in [0.29, 0.717) is 18.8 Å². The standard InChI is InChI=1S/C15H20O4/c1-4-18-14(19-5-2)11-8-12-6-9-13(10-7-12)15(16)17-3/h6-11,14H,4-5H2,1-3H3/b11-8+. The fraction of sp³-hybridized carbons (Fsp3) is 0.400. The summed E-state index contributed by atoms with van der Waals surface area (Å²) in [4.78, 5) is 11.3. The molecule has 0 heterocycles. The van der Waals surface area contributed by atoms with E-state index >= 15 is 0 Å². The minimum atomic E-state index is -0.338. The van der Waals surface area contributed by atoms with E-state index in [1.807, 2.05) is 38.1 Å². The number of rotatable bonds is 7. The minimum absolute atomic E-state index is 0.336. The second-order valence-corrected chi connectivity index (χ2v) is 3.75. The summed E-state index contributed by atoms with van der Waals surface area (Å²) in [7, 11) is 1.37. The quantitative estimate of drug-likeness (QED) is 0.561. The van der Waals surface area contributed by atoms with E-state index in [4.69, 9.17) is 9.47 Å². The molecule has 0 bridgehead atoms. The molecule has 0 amide bonds. The van der Waals surface area contributed by atoms with Crippen molar-refractivity contribution < 1.29 is 19.0 Å². The Hall–Kier alpha value is -1.65. The maximum absolute atomic E-state index is 11.3. The molecule has 104 valence electrons.